The van der Waals surface area contributed by atoms with Crippen molar-refractivity contribution in [2.75, 3.05) is 20.8 Å². The number of methoxy groups -OCH3 is 2. The molecule has 6 heteroatoms. The lowest BCUT2D eigenvalue weighted by molar-refractivity contribution is 0.0129. The van der Waals surface area contributed by atoms with Crippen molar-refractivity contribution in [1.29, 1.82) is 0 Å². The van der Waals surface area contributed by atoms with Crippen LogP contribution in [0.4, 0.5) is 0 Å². The van der Waals surface area contributed by atoms with E-state index in [0.717, 1.165) is 11.1 Å². The normalized spacial score (nSPS) is 14.9. The summed E-state index contributed by atoms with van der Waals surface area (Å²) >= 11 is 0. The number of carbonyl (C=O) groups excluding carboxylic acids is 1. The van der Waals surface area contributed by atoms with Crippen LogP contribution in [0, 0.1) is 0 Å². The summed E-state index contributed by atoms with van der Waals surface area (Å²) in [5.74, 6) is 1.64. The minimum absolute atomic E-state index is 0.137. The molecular weight excluding hydrogens is 384 g/mol. The molecule has 0 spiro atoms. The van der Waals surface area contributed by atoms with Gasteiger partial charge in [-0.2, -0.15) is 0 Å². The fourth-order valence-electron chi connectivity index (χ4n) is 3.51. The molecule has 1 heterocycles. The molecule has 0 aromatic heterocycles. The first-order chi connectivity index (χ1) is 14.6. The van der Waals surface area contributed by atoms with Gasteiger partial charge in [-0.25, -0.2) is 4.79 Å². The zero-order valence-corrected chi connectivity index (χ0v) is 16.8. The fraction of sp³-hybridized carbons (Fsp3) is 0.208. The number of benzene rings is 3. The molecule has 3 aromatic carbocycles. The number of aromatic hydroxyl groups is 1. The van der Waals surface area contributed by atoms with Gasteiger partial charge in [0.15, 0.2) is 0 Å². The quantitative estimate of drug-likeness (QED) is 0.639. The van der Waals surface area contributed by atoms with Gasteiger partial charge in [0.2, 0.25) is 0 Å². The van der Waals surface area contributed by atoms with E-state index in [4.69, 9.17) is 18.9 Å². The van der Waals surface area contributed by atoms with Crippen molar-refractivity contribution >= 4 is 5.97 Å². The second-order valence-electron chi connectivity index (χ2n) is 6.94. The van der Waals surface area contributed by atoms with E-state index in [1.54, 1.807) is 50.6 Å². The van der Waals surface area contributed by atoms with E-state index in [9.17, 15) is 9.90 Å². The van der Waals surface area contributed by atoms with E-state index in [1.165, 1.54) is 0 Å². The maximum Gasteiger partial charge on any atom is 0.338 e. The Morgan fingerprint density at radius 1 is 1.03 bits per heavy atom. The van der Waals surface area contributed by atoms with Crippen LogP contribution in [-0.4, -0.2) is 38.0 Å². The predicted octanol–water partition coefficient (Wildman–Crippen LogP) is 4.24. The molecule has 30 heavy (non-hydrogen) atoms. The largest absolute Gasteiger partial charge is 0.508 e. The molecular formula is C24H22O6. The lowest BCUT2D eigenvalue weighted by Crippen LogP contribution is -2.31. The van der Waals surface area contributed by atoms with Gasteiger partial charge in [0, 0.05) is 17.5 Å². The lowest BCUT2D eigenvalue weighted by Gasteiger charge is -2.25. The molecule has 0 saturated heterocycles. The lowest BCUT2D eigenvalue weighted by atomic mass is 10.0. The number of rotatable bonds is 5. The van der Waals surface area contributed by atoms with Crippen LogP contribution in [0.15, 0.2) is 60.7 Å². The number of phenolic OH excluding ortho intramolecular Hbond substituents is 1. The zero-order valence-electron chi connectivity index (χ0n) is 16.8. The standard InChI is InChI=1S/C24H22O6/c1-27-17-6-3-5-15(11-17)19-12-16(9-10-22(19)28-2)24(26)30-18-13-20-21(25)7-4-8-23(20)29-14-18/h3-12,18,25H,13-14H2,1-2H3. The summed E-state index contributed by atoms with van der Waals surface area (Å²) in [5.41, 5.74) is 2.67. The Morgan fingerprint density at radius 3 is 2.67 bits per heavy atom. The van der Waals surface area contributed by atoms with Gasteiger partial charge in [0.05, 0.1) is 19.8 Å². The van der Waals surface area contributed by atoms with E-state index in [2.05, 4.69) is 0 Å². The summed E-state index contributed by atoms with van der Waals surface area (Å²) < 4.78 is 22.1. The van der Waals surface area contributed by atoms with Gasteiger partial charge < -0.3 is 24.1 Å². The highest BCUT2D eigenvalue weighted by Gasteiger charge is 2.26. The molecule has 4 rings (SSSR count). The first-order valence-electron chi connectivity index (χ1n) is 9.56. The van der Waals surface area contributed by atoms with E-state index in [-0.39, 0.29) is 12.4 Å². The third-order valence-electron chi connectivity index (χ3n) is 5.05. The van der Waals surface area contributed by atoms with Crippen LogP contribution in [0.1, 0.15) is 15.9 Å². The number of phenols is 1. The summed E-state index contributed by atoms with van der Waals surface area (Å²) in [6.45, 7) is 0.237. The maximum absolute atomic E-state index is 12.8. The minimum atomic E-state index is -0.485. The molecule has 0 amide bonds. The summed E-state index contributed by atoms with van der Waals surface area (Å²) in [6, 6.07) is 17.8. The molecule has 1 unspecified atom stereocenters. The number of esters is 1. The molecule has 0 saturated carbocycles. The minimum Gasteiger partial charge on any atom is -0.508 e. The van der Waals surface area contributed by atoms with E-state index in [1.807, 2.05) is 24.3 Å². The van der Waals surface area contributed by atoms with Gasteiger partial charge >= 0.3 is 5.97 Å². The Morgan fingerprint density at radius 2 is 1.87 bits per heavy atom. The second kappa shape index (κ2) is 8.37. The Balaban J connectivity index is 1.57. The Labute approximate surface area is 174 Å². The van der Waals surface area contributed by atoms with Crippen LogP contribution in [0.5, 0.6) is 23.0 Å². The Bertz CT molecular complexity index is 1080. The smallest absolute Gasteiger partial charge is 0.338 e. The molecule has 0 bridgehead atoms. The summed E-state index contributed by atoms with van der Waals surface area (Å²) in [7, 11) is 3.19. The highest BCUT2D eigenvalue weighted by Crippen LogP contribution is 2.35. The number of ether oxygens (including phenoxy) is 4. The van der Waals surface area contributed by atoms with Gasteiger partial charge in [-0.1, -0.05) is 18.2 Å². The van der Waals surface area contributed by atoms with Gasteiger partial charge in [-0.3, -0.25) is 0 Å². The molecule has 1 atom stereocenters. The SMILES string of the molecule is COc1cccc(-c2cc(C(=O)OC3COc4cccc(O)c4C3)ccc2OC)c1. The first-order valence-corrected chi connectivity index (χ1v) is 9.56. The Kier molecular flexibility index (Phi) is 5.48. The molecule has 1 aliphatic heterocycles. The first kappa shape index (κ1) is 19.6. The van der Waals surface area contributed by atoms with Crippen LogP contribution in [0.2, 0.25) is 0 Å². The van der Waals surface area contributed by atoms with Crippen molar-refractivity contribution in [1.82, 2.24) is 0 Å². The second-order valence-corrected chi connectivity index (χ2v) is 6.94. The van der Waals surface area contributed by atoms with Crippen LogP contribution >= 0.6 is 0 Å². The molecule has 6 nitrogen and oxygen atoms in total. The van der Waals surface area contributed by atoms with Gasteiger partial charge in [0.1, 0.15) is 35.7 Å². The average Bonchev–Trinajstić information content (AvgIpc) is 2.79. The number of fused-ring (bicyclic) bond motifs is 1. The highest BCUT2D eigenvalue weighted by atomic mass is 16.6. The Hall–Kier alpha value is -3.67. The maximum atomic E-state index is 12.8. The zero-order chi connectivity index (χ0) is 21.1. The average molecular weight is 406 g/mol. The van der Waals surface area contributed by atoms with Crippen molar-refractivity contribution in [2.24, 2.45) is 0 Å². The molecule has 0 aliphatic carbocycles. The van der Waals surface area contributed by atoms with Crippen molar-refractivity contribution < 1.29 is 28.8 Å². The van der Waals surface area contributed by atoms with Crippen molar-refractivity contribution in [3.05, 3.63) is 71.8 Å². The third kappa shape index (κ3) is 3.89. The van der Waals surface area contributed by atoms with E-state index < -0.39 is 12.1 Å². The van der Waals surface area contributed by atoms with Gasteiger partial charge in [-0.05, 0) is 48.0 Å². The van der Waals surface area contributed by atoms with Crippen LogP contribution in [0.25, 0.3) is 11.1 Å². The fourth-order valence-corrected chi connectivity index (χ4v) is 3.51. The molecule has 154 valence electrons. The number of hydrogen-bond acceptors (Lipinski definition) is 6. The summed E-state index contributed by atoms with van der Waals surface area (Å²) in [5, 5.41) is 10.0. The number of hydrogen-bond donors (Lipinski definition) is 1. The molecule has 1 N–H and O–H groups in total. The van der Waals surface area contributed by atoms with E-state index >= 15 is 0 Å². The van der Waals surface area contributed by atoms with Crippen molar-refractivity contribution in [3.63, 3.8) is 0 Å². The molecule has 0 radical (unpaired) electrons. The van der Waals surface area contributed by atoms with Gasteiger partial charge in [-0.15, -0.1) is 0 Å². The van der Waals surface area contributed by atoms with Gasteiger partial charge in [0.25, 0.3) is 0 Å². The topological polar surface area (TPSA) is 74.2 Å². The van der Waals surface area contributed by atoms with Crippen LogP contribution in [-0.2, 0) is 11.2 Å². The number of carbonyl (C=O) groups is 1. The third-order valence-corrected chi connectivity index (χ3v) is 5.05. The van der Waals surface area contributed by atoms with Crippen LogP contribution < -0.4 is 14.2 Å². The predicted molar refractivity (Wildman–Crippen MR) is 111 cm³/mol. The molecule has 0 fully saturated rings. The van der Waals surface area contributed by atoms with Crippen LogP contribution in [0.3, 0.4) is 0 Å². The monoisotopic (exact) mass is 406 g/mol. The van der Waals surface area contributed by atoms with E-state index in [0.29, 0.717) is 34.8 Å². The summed E-state index contributed by atoms with van der Waals surface area (Å²) in [6.07, 6.45) is -0.0900. The summed E-state index contributed by atoms with van der Waals surface area (Å²) in [4.78, 5) is 12.8. The molecule has 3 aromatic rings. The van der Waals surface area contributed by atoms with Crippen molar-refractivity contribution in [2.45, 2.75) is 12.5 Å². The highest BCUT2D eigenvalue weighted by molar-refractivity contribution is 5.92. The molecule has 1 aliphatic rings. The van der Waals surface area contributed by atoms with Crippen molar-refractivity contribution in [3.8, 4) is 34.1 Å².